The Morgan fingerprint density at radius 3 is 2.49 bits per heavy atom. The van der Waals surface area contributed by atoms with Gasteiger partial charge in [0.15, 0.2) is 0 Å². The monoisotopic (exact) mass is 542 g/mol. The largest absolute Gasteiger partial charge is 0.508 e. The fourth-order valence-electron chi connectivity index (χ4n) is 3.81. The summed E-state index contributed by atoms with van der Waals surface area (Å²) in [5.74, 6) is 0.463. The zero-order valence-electron chi connectivity index (χ0n) is 22.0. The van der Waals surface area contributed by atoms with Crippen molar-refractivity contribution in [2.45, 2.75) is 63.1 Å². The lowest BCUT2D eigenvalue weighted by Gasteiger charge is -2.19. The van der Waals surface area contributed by atoms with E-state index in [1.54, 1.807) is 22.9 Å². The maximum Gasteiger partial charge on any atom is 0.323 e. The van der Waals surface area contributed by atoms with E-state index in [2.05, 4.69) is 22.5 Å². The SMILES string of the molecule is CCCCn1ccc(-c2ccc(O)cc2OC(C)C)c(NC(=O)Nc2c(SC)cc(C)nc2SC)c1=O. The first kappa shape index (κ1) is 28.5. The first-order valence-electron chi connectivity index (χ1n) is 12.1. The van der Waals surface area contributed by atoms with Crippen molar-refractivity contribution in [2.24, 2.45) is 0 Å². The average Bonchev–Trinajstić information content (AvgIpc) is 2.85. The number of phenolic OH excluding ortho intramolecular Hbond substituents is 1. The van der Waals surface area contributed by atoms with Gasteiger partial charge in [0.1, 0.15) is 22.2 Å². The number of aromatic hydroxyl groups is 1. The number of nitrogens with one attached hydrogen (secondary N) is 2. The van der Waals surface area contributed by atoms with Gasteiger partial charge in [0, 0.05) is 40.5 Å². The number of unbranched alkanes of at least 4 members (excludes halogenated alkanes) is 1. The molecule has 3 rings (SSSR count). The Morgan fingerprint density at radius 1 is 1.11 bits per heavy atom. The fourth-order valence-corrected chi connectivity index (χ4v) is 5.11. The van der Waals surface area contributed by atoms with E-state index in [4.69, 9.17) is 4.74 Å². The molecule has 0 atom stereocenters. The Morgan fingerprint density at radius 2 is 1.84 bits per heavy atom. The van der Waals surface area contributed by atoms with Gasteiger partial charge in [0.25, 0.3) is 5.56 Å². The van der Waals surface area contributed by atoms with Gasteiger partial charge in [-0.2, -0.15) is 0 Å². The van der Waals surface area contributed by atoms with Crippen molar-refractivity contribution < 1.29 is 14.6 Å². The van der Waals surface area contributed by atoms with Gasteiger partial charge < -0.3 is 25.0 Å². The number of carbonyl (C=O) groups is 1. The lowest BCUT2D eigenvalue weighted by molar-refractivity contribution is 0.242. The van der Waals surface area contributed by atoms with Crippen LogP contribution in [0.2, 0.25) is 0 Å². The van der Waals surface area contributed by atoms with Crippen LogP contribution in [0.4, 0.5) is 16.2 Å². The van der Waals surface area contributed by atoms with Gasteiger partial charge in [-0.3, -0.25) is 4.79 Å². The Labute approximate surface area is 226 Å². The summed E-state index contributed by atoms with van der Waals surface area (Å²) in [4.78, 5) is 32.3. The highest BCUT2D eigenvalue weighted by molar-refractivity contribution is 7.99. The van der Waals surface area contributed by atoms with Crippen molar-refractivity contribution in [2.75, 3.05) is 23.1 Å². The third-order valence-electron chi connectivity index (χ3n) is 5.50. The van der Waals surface area contributed by atoms with Gasteiger partial charge in [0.2, 0.25) is 0 Å². The van der Waals surface area contributed by atoms with E-state index in [0.29, 0.717) is 34.1 Å². The van der Waals surface area contributed by atoms with Crippen LogP contribution < -0.4 is 20.9 Å². The second-order valence-electron chi connectivity index (χ2n) is 8.73. The van der Waals surface area contributed by atoms with Gasteiger partial charge in [-0.25, -0.2) is 9.78 Å². The number of urea groups is 1. The molecule has 0 unspecified atom stereocenters. The van der Waals surface area contributed by atoms with E-state index in [1.165, 1.54) is 35.7 Å². The van der Waals surface area contributed by atoms with Crippen LogP contribution >= 0.6 is 23.5 Å². The minimum atomic E-state index is -0.548. The maximum atomic E-state index is 13.6. The highest BCUT2D eigenvalue weighted by Crippen LogP contribution is 2.37. The van der Waals surface area contributed by atoms with Gasteiger partial charge in [0.05, 0.1) is 11.8 Å². The Bertz CT molecular complexity index is 1300. The number of aromatic nitrogens is 2. The number of benzene rings is 1. The first-order chi connectivity index (χ1) is 17.7. The molecule has 8 nitrogen and oxygen atoms in total. The molecular weight excluding hydrogens is 508 g/mol. The van der Waals surface area contributed by atoms with Crippen molar-refractivity contribution in [1.29, 1.82) is 0 Å². The zero-order valence-corrected chi connectivity index (χ0v) is 23.7. The quantitative estimate of drug-likeness (QED) is 0.248. The van der Waals surface area contributed by atoms with Crippen LogP contribution in [-0.2, 0) is 6.54 Å². The number of phenols is 1. The third-order valence-corrected chi connectivity index (χ3v) is 6.95. The number of aryl methyl sites for hydroxylation is 2. The molecule has 3 N–H and O–H groups in total. The molecule has 2 aromatic heterocycles. The molecule has 0 aliphatic heterocycles. The Kier molecular flexibility index (Phi) is 9.93. The van der Waals surface area contributed by atoms with Crippen LogP contribution in [0.1, 0.15) is 39.3 Å². The summed E-state index contributed by atoms with van der Waals surface area (Å²) < 4.78 is 7.53. The molecule has 0 aliphatic carbocycles. The number of hydrogen-bond donors (Lipinski definition) is 3. The predicted octanol–water partition coefficient (Wildman–Crippen LogP) is 6.60. The number of carbonyl (C=O) groups excluding carboxylic acids is 1. The molecule has 0 saturated carbocycles. The molecule has 10 heteroatoms. The number of nitrogens with zero attached hydrogens (tertiary/aromatic N) is 2. The fraction of sp³-hybridized carbons (Fsp3) is 0.370. The van der Waals surface area contributed by atoms with Crippen molar-refractivity contribution in [3.63, 3.8) is 0 Å². The van der Waals surface area contributed by atoms with Crippen LogP contribution in [0, 0.1) is 6.92 Å². The van der Waals surface area contributed by atoms with Gasteiger partial charge >= 0.3 is 6.03 Å². The maximum absolute atomic E-state index is 13.6. The molecule has 0 aliphatic rings. The third kappa shape index (κ3) is 7.01. The van der Waals surface area contributed by atoms with Crippen LogP contribution in [0.3, 0.4) is 0 Å². The van der Waals surface area contributed by atoms with Gasteiger partial charge in [-0.05, 0) is 64.0 Å². The molecule has 37 heavy (non-hydrogen) atoms. The highest BCUT2D eigenvalue weighted by Gasteiger charge is 2.20. The predicted molar refractivity (Wildman–Crippen MR) is 154 cm³/mol. The van der Waals surface area contributed by atoms with Crippen molar-refractivity contribution in [1.82, 2.24) is 9.55 Å². The van der Waals surface area contributed by atoms with Crippen molar-refractivity contribution >= 4 is 40.9 Å². The summed E-state index contributed by atoms with van der Waals surface area (Å²) in [6.45, 7) is 8.26. The van der Waals surface area contributed by atoms with E-state index in [0.717, 1.165) is 23.4 Å². The molecule has 198 valence electrons. The molecule has 0 saturated heterocycles. The summed E-state index contributed by atoms with van der Waals surface area (Å²) in [6.07, 6.45) is 7.16. The number of hydrogen-bond acceptors (Lipinski definition) is 7. The van der Waals surface area contributed by atoms with E-state index < -0.39 is 6.03 Å². The molecule has 0 fully saturated rings. The standard InChI is InChI=1S/C27H34N4O4S2/c1-7-8-12-31-13-11-20(19-10-9-18(32)15-21(19)35-16(2)3)23(26(31)33)29-27(34)30-24-22(36-5)14-17(4)28-25(24)37-6/h9-11,13-16,32H,7-8,12H2,1-6H3,(H2,29,30,34). The van der Waals surface area contributed by atoms with Crippen molar-refractivity contribution in [3.05, 3.63) is 52.6 Å². The normalized spacial score (nSPS) is 11.0. The minimum Gasteiger partial charge on any atom is -0.508 e. The summed E-state index contributed by atoms with van der Waals surface area (Å²) in [5, 5.41) is 16.5. The summed E-state index contributed by atoms with van der Waals surface area (Å²) in [5.41, 5.74) is 2.36. The number of ether oxygens (including phenoxy) is 1. The smallest absolute Gasteiger partial charge is 0.323 e. The zero-order chi connectivity index (χ0) is 27.1. The second kappa shape index (κ2) is 12.9. The average molecular weight is 543 g/mol. The molecular formula is C27H34N4O4S2. The van der Waals surface area contributed by atoms with Crippen LogP contribution in [0.15, 0.2) is 51.2 Å². The van der Waals surface area contributed by atoms with Crippen LogP contribution in [-0.4, -0.2) is 39.3 Å². The van der Waals surface area contributed by atoms with E-state index in [-0.39, 0.29) is 23.1 Å². The molecule has 2 heterocycles. The van der Waals surface area contributed by atoms with E-state index >= 15 is 0 Å². The van der Waals surface area contributed by atoms with Crippen LogP contribution in [0.25, 0.3) is 11.1 Å². The Hall–Kier alpha value is -3.11. The number of anilines is 2. The molecule has 0 spiro atoms. The lowest BCUT2D eigenvalue weighted by atomic mass is 10.0. The molecule has 0 bridgehead atoms. The number of amides is 2. The topological polar surface area (TPSA) is 105 Å². The highest BCUT2D eigenvalue weighted by atomic mass is 32.2. The number of rotatable bonds is 10. The number of thioether (sulfide) groups is 2. The minimum absolute atomic E-state index is 0.0454. The molecule has 2 amide bonds. The number of pyridine rings is 2. The van der Waals surface area contributed by atoms with Crippen molar-refractivity contribution in [3.8, 4) is 22.6 Å². The summed E-state index contributed by atoms with van der Waals surface area (Å²) in [7, 11) is 0. The van der Waals surface area contributed by atoms with Crippen LogP contribution in [0.5, 0.6) is 11.5 Å². The molecule has 1 aromatic carbocycles. The molecule has 0 radical (unpaired) electrons. The summed E-state index contributed by atoms with van der Waals surface area (Å²) >= 11 is 2.95. The molecule has 3 aromatic rings. The van der Waals surface area contributed by atoms with Gasteiger partial charge in [-0.15, -0.1) is 23.5 Å². The van der Waals surface area contributed by atoms with Gasteiger partial charge in [-0.1, -0.05) is 13.3 Å². The summed E-state index contributed by atoms with van der Waals surface area (Å²) in [6, 6.07) is 7.88. The lowest BCUT2D eigenvalue weighted by Crippen LogP contribution is -2.29. The van der Waals surface area contributed by atoms with E-state index in [9.17, 15) is 14.7 Å². The second-order valence-corrected chi connectivity index (χ2v) is 10.4. The van der Waals surface area contributed by atoms with E-state index in [1.807, 2.05) is 39.3 Å². The first-order valence-corrected chi connectivity index (χ1v) is 14.5. The Balaban J connectivity index is 2.09.